The van der Waals surface area contributed by atoms with Crippen LogP contribution in [-0.4, -0.2) is 9.66 Å². The number of nitrogens with zero attached hydrogens (tertiary/aromatic N) is 2. The number of hydrogen-bond acceptors (Lipinski definition) is 3. The van der Waals surface area contributed by atoms with Crippen LogP contribution in [0.15, 0.2) is 24.3 Å². The van der Waals surface area contributed by atoms with E-state index in [-0.39, 0.29) is 0 Å². The Balaban J connectivity index is 2.06. The number of hydrogen-bond donors (Lipinski definition) is 2. The third kappa shape index (κ3) is 1.74. The van der Waals surface area contributed by atoms with Gasteiger partial charge in [0.05, 0.1) is 0 Å². The standard InChI is InChI=1S/C14H18N4/c1-2-12-17-13(14(15)18(12)16)11-5-3-4-10(8-11)9-6-7-9/h3-5,8-9H,2,6-7,15-16H2,1H3. The molecule has 1 saturated carbocycles. The summed E-state index contributed by atoms with van der Waals surface area (Å²) in [6.07, 6.45) is 3.37. The largest absolute Gasteiger partial charge is 0.382 e. The summed E-state index contributed by atoms with van der Waals surface area (Å²) in [5.41, 5.74) is 9.28. The quantitative estimate of drug-likeness (QED) is 0.811. The lowest BCUT2D eigenvalue weighted by Gasteiger charge is -2.03. The molecule has 3 rings (SSSR count). The Labute approximate surface area is 107 Å². The van der Waals surface area contributed by atoms with Crippen molar-refractivity contribution in [1.82, 2.24) is 9.66 Å². The van der Waals surface area contributed by atoms with E-state index in [9.17, 15) is 0 Å². The zero-order chi connectivity index (χ0) is 12.7. The monoisotopic (exact) mass is 242 g/mol. The van der Waals surface area contributed by atoms with Gasteiger partial charge in [-0.25, -0.2) is 9.66 Å². The average Bonchev–Trinajstić information content (AvgIpc) is 3.19. The van der Waals surface area contributed by atoms with Crippen molar-refractivity contribution in [2.75, 3.05) is 11.6 Å². The van der Waals surface area contributed by atoms with Crippen LogP contribution in [0.2, 0.25) is 0 Å². The maximum Gasteiger partial charge on any atom is 0.150 e. The molecule has 1 aromatic heterocycles. The Kier molecular flexibility index (Phi) is 2.51. The molecule has 0 atom stereocenters. The van der Waals surface area contributed by atoms with Crippen LogP contribution in [0.1, 0.15) is 37.1 Å². The Morgan fingerprint density at radius 2 is 2.17 bits per heavy atom. The van der Waals surface area contributed by atoms with E-state index in [1.54, 1.807) is 0 Å². The van der Waals surface area contributed by atoms with Gasteiger partial charge in [-0.2, -0.15) is 0 Å². The number of imidazole rings is 1. The van der Waals surface area contributed by atoms with Crippen LogP contribution in [0.25, 0.3) is 11.3 Å². The second-order valence-electron chi connectivity index (χ2n) is 4.89. The van der Waals surface area contributed by atoms with Gasteiger partial charge in [-0.05, 0) is 30.4 Å². The van der Waals surface area contributed by atoms with Gasteiger partial charge in [-0.3, -0.25) is 0 Å². The minimum absolute atomic E-state index is 0.541. The smallest absolute Gasteiger partial charge is 0.150 e. The van der Waals surface area contributed by atoms with Gasteiger partial charge in [0, 0.05) is 12.0 Å². The highest BCUT2D eigenvalue weighted by atomic mass is 15.4. The molecule has 18 heavy (non-hydrogen) atoms. The normalized spacial score (nSPS) is 14.9. The second-order valence-corrected chi connectivity index (χ2v) is 4.89. The van der Waals surface area contributed by atoms with E-state index in [1.165, 1.54) is 23.1 Å². The summed E-state index contributed by atoms with van der Waals surface area (Å²) in [7, 11) is 0. The number of aromatic nitrogens is 2. The summed E-state index contributed by atoms with van der Waals surface area (Å²) in [6, 6.07) is 8.49. The highest BCUT2D eigenvalue weighted by Crippen LogP contribution is 2.41. The molecule has 4 N–H and O–H groups in total. The molecule has 1 heterocycles. The van der Waals surface area contributed by atoms with Crippen molar-refractivity contribution < 1.29 is 0 Å². The van der Waals surface area contributed by atoms with E-state index < -0.39 is 0 Å². The fourth-order valence-corrected chi connectivity index (χ4v) is 2.31. The van der Waals surface area contributed by atoms with Crippen molar-refractivity contribution in [3.63, 3.8) is 0 Å². The van der Waals surface area contributed by atoms with Crippen molar-refractivity contribution in [2.24, 2.45) is 0 Å². The summed E-state index contributed by atoms with van der Waals surface area (Å²) in [5.74, 6) is 7.98. The molecule has 1 fully saturated rings. The lowest BCUT2D eigenvalue weighted by molar-refractivity contribution is 0.865. The number of rotatable bonds is 3. The molecule has 1 aromatic carbocycles. The van der Waals surface area contributed by atoms with Gasteiger partial charge in [0.25, 0.3) is 0 Å². The highest BCUT2D eigenvalue weighted by molar-refractivity contribution is 5.71. The molecule has 1 aliphatic rings. The van der Waals surface area contributed by atoms with Crippen molar-refractivity contribution in [3.8, 4) is 11.3 Å². The van der Waals surface area contributed by atoms with Crippen LogP contribution in [0.5, 0.6) is 0 Å². The molecule has 0 unspecified atom stereocenters. The number of anilines is 1. The number of aryl methyl sites for hydroxylation is 1. The first-order valence-corrected chi connectivity index (χ1v) is 6.43. The molecule has 94 valence electrons. The Bertz CT molecular complexity index is 581. The Morgan fingerprint density at radius 1 is 1.39 bits per heavy atom. The summed E-state index contributed by atoms with van der Waals surface area (Å²) >= 11 is 0. The van der Waals surface area contributed by atoms with Crippen molar-refractivity contribution in [2.45, 2.75) is 32.1 Å². The lowest BCUT2D eigenvalue weighted by atomic mass is 10.1. The number of nitrogen functional groups attached to an aromatic ring is 2. The molecule has 4 nitrogen and oxygen atoms in total. The molecule has 1 aliphatic carbocycles. The molecule has 0 radical (unpaired) electrons. The lowest BCUT2D eigenvalue weighted by Crippen LogP contribution is -2.14. The van der Waals surface area contributed by atoms with Gasteiger partial charge in [0.2, 0.25) is 0 Å². The molecule has 0 amide bonds. The predicted octanol–water partition coefficient (Wildman–Crippen LogP) is 2.29. The minimum Gasteiger partial charge on any atom is -0.382 e. The molecule has 4 heteroatoms. The topological polar surface area (TPSA) is 69.9 Å². The molecular weight excluding hydrogens is 224 g/mol. The number of benzene rings is 1. The Hall–Kier alpha value is -1.97. The van der Waals surface area contributed by atoms with Crippen LogP contribution < -0.4 is 11.6 Å². The van der Waals surface area contributed by atoms with Gasteiger partial charge < -0.3 is 11.6 Å². The van der Waals surface area contributed by atoms with Crippen LogP contribution in [0.4, 0.5) is 5.82 Å². The van der Waals surface area contributed by atoms with Crippen LogP contribution in [-0.2, 0) is 6.42 Å². The third-order valence-electron chi connectivity index (χ3n) is 3.55. The number of nitrogens with two attached hydrogens (primary N) is 2. The van der Waals surface area contributed by atoms with E-state index in [1.807, 2.05) is 13.0 Å². The van der Waals surface area contributed by atoms with Gasteiger partial charge >= 0.3 is 0 Å². The van der Waals surface area contributed by atoms with Crippen LogP contribution >= 0.6 is 0 Å². The van der Waals surface area contributed by atoms with Crippen LogP contribution in [0.3, 0.4) is 0 Å². The minimum atomic E-state index is 0.541. The zero-order valence-corrected chi connectivity index (χ0v) is 10.6. The fourth-order valence-electron chi connectivity index (χ4n) is 2.31. The van der Waals surface area contributed by atoms with Gasteiger partial charge in [0.15, 0.2) is 5.82 Å². The fraction of sp³-hybridized carbons (Fsp3) is 0.357. The van der Waals surface area contributed by atoms with Crippen LogP contribution in [0, 0.1) is 0 Å². The molecule has 0 aliphatic heterocycles. The van der Waals surface area contributed by atoms with E-state index in [0.29, 0.717) is 5.82 Å². The van der Waals surface area contributed by atoms with E-state index >= 15 is 0 Å². The molecular formula is C14H18N4. The van der Waals surface area contributed by atoms with Gasteiger partial charge in [0.1, 0.15) is 11.5 Å². The summed E-state index contributed by atoms with van der Waals surface area (Å²) in [6.45, 7) is 2.02. The molecule has 2 aromatic rings. The van der Waals surface area contributed by atoms with Gasteiger partial charge in [-0.1, -0.05) is 25.1 Å². The average molecular weight is 242 g/mol. The highest BCUT2D eigenvalue weighted by Gasteiger charge is 2.24. The van der Waals surface area contributed by atoms with E-state index in [0.717, 1.165) is 29.4 Å². The summed E-state index contributed by atoms with van der Waals surface area (Å²) < 4.78 is 1.49. The van der Waals surface area contributed by atoms with E-state index in [2.05, 4.69) is 23.2 Å². The maximum absolute atomic E-state index is 6.03. The maximum atomic E-state index is 6.03. The molecule has 0 bridgehead atoms. The second kappa shape index (κ2) is 4.05. The molecule has 0 spiro atoms. The van der Waals surface area contributed by atoms with Gasteiger partial charge in [-0.15, -0.1) is 0 Å². The first kappa shape index (κ1) is 11.1. The summed E-state index contributed by atoms with van der Waals surface area (Å²) in [4.78, 5) is 4.53. The van der Waals surface area contributed by atoms with E-state index in [4.69, 9.17) is 11.6 Å². The first-order valence-electron chi connectivity index (χ1n) is 6.43. The SMILES string of the molecule is CCc1nc(-c2cccc(C3CC3)c2)c(N)n1N. The summed E-state index contributed by atoms with van der Waals surface area (Å²) in [5, 5.41) is 0. The Morgan fingerprint density at radius 3 is 2.78 bits per heavy atom. The predicted molar refractivity (Wildman–Crippen MR) is 73.6 cm³/mol. The molecule has 0 saturated heterocycles. The third-order valence-corrected chi connectivity index (χ3v) is 3.55. The van der Waals surface area contributed by atoms with Crippen molar-refractivity contribution >= 4 is 5.82 Å². The van der Waals surface area contributed by atoms with Crippen molar-refractivity contribution in [3.05, 3.63) is 35.7 Å². The van der Waals surface area contributed by atoms with Crippen molar-refractivity contribution in [1.29, 1.82) is 0 Å². The zero-order valence-electron chi connectivity index (χ0n) is 10.6. The first-order chi connectivity index (χ1) is 8.70.